The zero-order valence-electron chi connectivity index (χ0n) is 20.4. The molecule has 0 bridgehead atoms. The Morgan fingerprint density at radius 3 is 2.20 bits per heavy atom. The van der Waals surface area contributed by atoms with Gasteiger partial charge in [-0.2, -0.15) is 0 Å². The molecule has 0 aromatic heterocycles. The van der Waals surface area contributed by atoms with Gasteiger partial charge in [-0.15, -0.1) is 0 Å². The summed E-state index contributed by atoms with van der Waals surface area (Å²) in [5.74, 6) is -1.67. The Hall–Kier alpha value is -3.74. The van der Waals surface area contributed by atoms with E-state index in [9.17, 15) is 19.2 Å². The minimum atomic E-state index is -0.801. The SMILES string of the molecule is COc1ccc2c(c1)C=CC1[C@@H]3C(=O)N(c4ccc(C(C)=O)cc4)C(=O)[C@@H]3[C@H](C(=O)C(C)(C)C)N21. The van der Waals surface area contributed by atoms with Crippen molar-refractivity contribution in [2.75, 3.05) is 16.9 Å². The molecule has 3 heterocycles. The van der Waals surface area contributed by atoms with Crippen molar-refractivity contribution in [1.29, 1.82) is 0 Å². The van der Waals surface area contributed by atoms with E-state index >= 15 is 0 Å². The number of Topliss-reactive ketones (excluding diaryl/α,β-unsaturated/α-hetero) is 2. The van der Waals surface area contributed by atoms with Crippen molar-refractivity contribution in [2.24, 2.45) is 17.3 Å². The number of hydrogen-bond donors (Lipinski definition) is 0. The second-order valence-corrected chi connectivity index (χ2v) is 10.4. The monoisotopic (exact) mass is 472 g/mol. The van der Waals surface area contributed by atoms with Crippen LogP contribution in [-0.2, 0) is 14.4 Å². The van der Waals surface area contributed by atoms with Crippen LogP contribution in [0.15, 0.2) is 48.5 Å². The molecular formula is C28H28N2O5. The first-order valence-corrected chi connectivity index (χ1v) is 11.7. The zero-order chi connectivity index (χ0) is 25.2. The van der Waals surface area contributed by atoms with Gasteiger partial charge in [0.1, 0.15) is 11.8 Å². The van der Waals surface area contributed by atoms with Crippen LogP contribution >= 0.6 is 0 Å². The van der Waals surface area contributed by atoms with E-state index in [4.69, 9.17) is 4.74 Å². The fraction of sp³-hybridized carbons (Fsp3) is 0.357. The van der Waals surface area contributed by atoms with Gasteiger partial charge in [0.05, 0.1) is 30.7 Å². The van der Waals surface area contributed by atoms with Gasteiger partial charge in [0.2, 0.25) is 11.8 Å². The van der Waals surface area contributed by atoms with E-state index in [2.05, 4.69) is 0 Å². The van der Waals surface area contributed by atoms with Crippen LogP contribution in [0.25, 0.3) is 6.08 Å². The highest BCUT2D eigenvalue weighted by atomic mass is 16.5. The van der Waals surface area contributed by atoms with Crippen molar-refractivity contribution in [1.82, 2.24) is 0 Å². The Kier molecular flexibility index (Phi) is 5.20. The van der Waals surface area contributed by atoms with Crippen molar-refractivity contribution in [2.45, 2.75) is 39.8 Å². The second kappa shape index (κ2) is 7.90. The highest BCUT2D eigenvalue weighted by Crippen LogP contribution is 2.50. The molecule has 35 heavy (non-hydrogen) atoms. The van der Waals surface area contributed by atoms with E-state index in [0.29, 0.717) is 17.0 Å². The van der Waals surface area contributed by atoms with E-state index in [1.807, 2.05) is 56.0 Å². The van der Waals surface area contributed by atoms with E-state index in [1.54, 1.807) is 31.4 Å². The maximum atomic E-state index is 13.8. The molecule has 0 N–H and O–H groups in total. The van der Waals surface area contributed by atoms with Crippen LogP contribution in [0, 0.1) is 17.3 Å². The number of hydrogen-bond acceptors (Lipinski definition) is 6. The van der Waals surface area contributed by atoms with Gasteiger partial charge >= 0.3 is 0 Å². The van der Waals surface area contributed by atoms with E-state index in [1.165, 1.54) is 11.8 Å². The molecule has 2 aromatic carbocycles. The molecule has 0 saturated carbocycles. The van der Waals surface area contributed by atoms with Gasteiger partial charge < -0.3 is 9.64 Å². The van der Waals surface area contributed by atoms with Gasteiger partial charge in [-0.25, -0.2) is 4.90 Å². The van der Waals surface area contributed by atoms with Crippen LogP contribution in [0.4, 0.5) is 11.4 Å². The topological polar surface area (TPSA) is 84.0 Å². The molecule has 7 heteroatoms. The number of ketones is 2. The van der Waals surface area contributed by atoms with Gasteiger partial charge in [0.15, 0.2) is 11.6 Å². The minimum absolute atomic E-state index is 0.0815. The summed E-state index contributed by atoms with van der Waals surface area (Å²) in [6.07, 6.45) is 3.85. The van der Waals surface area contributed by atoms with Gasteiger partial charge in [-0.05, 0) is 49.4 Å². The lowest BCUT2D eigenvalue weighted by atomic mass is 9.79. The predicted molar refractivity (Wildman–Crippen MR) is 132 cm³/mol. The number of benzene rings is 2. The fourth-order valence-electron chi connectivity index (χ4n) is 5.52. The number of carbonyl (C=O) groups is 4. The molecular weight excluding hydrogens is 444 g/mol. The summed E-state index contributed by atoms with van der Waals surface area (Å²) >= 11 is 0. The van der Waals surface area contributed by atoms with Crippen LogP contribution in [-0.4, -0.2) is 42.6 Å². The predicted octanol–water partition coefficient (Wildman–Crippen LogP) is 3.90. The quantitative estimate of drug-likeness (QED) is 0.496. The van der Waals surface area contributed by atoms with Gasteiger partial charge in [-0.1, -0.05) is 32.9 Å². The molecule has 4 atom stereocenters. The summed E-state index contributed by atoms with van der Waals surface area (Å²) in [6.45, 7) is 6.98. The lowest BCUT2D eigenvalue weighted by Gasteiger charge is -2.38. The number of ether oxygens (including phenoxy) is 1. The molecule has 2 saturated heterocycles. The molecule has 5 rings (SSSR count). The Balaban J connectivity index is 1.61. The minimum Gasteiger partial charge on any atom is -0.497 e. The van der Waals surface area contributed by atoms with Crippen LogP contribution in [0.2, 0.25) is 0 Å². The van der Waals surface area contributed by atoms with Crippen molar-refractivity contribution in [3.8, 4) is 5.75 Å². The molecule has 2 aromatic rings. The lowest BCUT2D eigenvalue weighted by molar-refractivity contribution is -0.132. The normalized spacial score (nSPS) is 24.8. The largest absolute Gasteiger partial charge is 0.497 e. The lowest BCUT2D eigenvalue weighted by Crippen LogP contribution is -2.51. The summed E-state index contributed by atoms with van der Waals surface area (Å²) in [6, 6.07) is 10.9. The first-order valence-electron chi connectivity index (χ1n) is 11.7. The number of nitrogens with zero attached hydrogens (tertiary/aromatic N) is 2. The Morgan fingerprint density at radius 1 is 0.943 bits per heavy atom. The van der Waals surface area contributed by atoms with Crippen LogP contribution in [0.3, 0.4) is 0 Å². The number of rotatable bonds is 4. The highest BCUT2D eigenvalue weighted by molar-refractivity contribution is 6.25. The van der Waals surface area contributed by atoms with Crippen LogP contribution < -0.4 is 14.5 Å². The summed E-state index contributed by atoms with van der Waals surface area (Å²) in [5.41, 5.74) is 1.90. The number of carbonyl (C=O) groups excluding carboxylic acids is 4. The molecule has 3 aliphatic heterocycles. The Bertz CT molecular complexity index is 1290. The van der Waals surface area contributed by atoms with Gasteiger partial charge in [-0.3, -0.25) is 19.2 Å². The number of anilines is 2. The number of amides is 2. The van der Waals surface area contributed by atoms with Crippen LogP contribution in [0.5, 0.6) is 5.75 Å². The third-order valence-corrected chi connectivity index (χ3v) is 7.25. The third kappa shape index (κ3) is 3.40. The number of fused-ring (bicyclic) bond motifs is 5. The van der Waals surface area contributed by atoms with Crippen molar-refractivity contribution < 1.29 is 23.9 Å². The maximum absolute atomic E-state index is 13.8. The molecule has 2 amide bonds. The highest BCUT2D eigenvalue weighted by Gasteiger charge is 2.65. The van der Waals surface area contributed by atoms with Crippen molar-refractivity contribution in [3.63, 3.8) is 0 Å². The van der Waals surface area contributed by atoms with E-state index < -0.39 is 29.3 Å². The zero-order valence-corrected chi connectivity index (χ0v) is 20.4. The third-order valence-electron chi connectivity index (χ3n) is 7.25. The summed E-state index contributed by atoms with van der Waals surface area (Å²) in [7, 11) is 1.60. The molecule has 1 unspecified atom stereocenters. The molecule has 0 aliphatic carbocycles. The van der Waals surface area contributed by atoms with Crippen molar-refractivity contribution in [3.05, 3.63) is 59.7 Å². The smallest absolute Gasteiger partial charge is 0.240 e. The summed E-state index contributed by atoms with van der Waals surface area (Å²) < 4.78 is 5.36. The Labute approximate surface area is 204 Å². The average molecular weight is 473 g/mol. The molecule has 7 nitrogen and oxygen atoms in total. The summed E-state index contributed by atoms with van der Waals surface area (Å²) in [4.78, 5) is 56.2. The van der Waals surface area contributed by atoms with E-state index in [-0.39, 0.29) is 23.4 Å². The van der Waals surface area contributed by atoms with Gasteiger partial charge in [0.25, 0.3) is 0 Å². The van der Waals surface area contributed by atoms with Crippen molar-refractivity contribution >= 4 is 40.8 Å². The van der Waals surface area contributed by atoms with Gasteiger partial charge in [0, 0.05) is 22.2 Å². The Morgan fingerprint density at radius 2 is 1.60 bits per heavy atom. The molecule has 0 spiro atoms. The first-order chi connectivity index (χ1) is 16.5. The summed E-state index contributed by atoms with van der Waals surface area (Å²) in [5, 5.41) is 0. The average Bonchev–Trinajstić information content (AvgIpc) is 3.30. The van der Waals surface area contributed by atoms with E-state index in [0.717, 1.165) is 11.3 Å². The number of imide groups is 1. The molecule has 180 valence electrons. The van der Waals surface area contributed by atoms with Crippen LogP contribution in [0.1, 0.15) is 43.6 Å². The first kappa shape index (κ1) is 23.0. The molecule has 3 aliphatic rings. The second-order valence-electron chi connectivity index (χ2n) is 10.4. The molecule has 0 radical (unpaired) electrons. The number of methoxy groups -OCH3 is 1. The maximum Gasteiger partial charge on any atom is 0.240 e. The fourth-order valence-corrected chi connectivity index (χ4v) is 5.52. The molecule has 2 fully saturated rings. The standard InChI is InChI=1S/C28H28N2O5/c1-15(31)16-6-9-18(10-7-16)29-26(33)22-21-12-8-17-14-19(35-5)11-13-20(17)30(21)24(23(22)27(29)34)25(32)28(2,3)4/h6-14,21-24H,1-5H3/t21?,22-,23-,24+/m0/s1.